The van der Waals surface area contributed by atoms with Crippen molar-refractivity contribution >= 4 is 17.3 Å². The molecular formula is C21H21NO4. The number of pyridine rings is 1. The number of aryl methyl sites for hydroxylation is 1. The van der Waals surface area contributed by atoms with E-state index in [1.165, 1.54) is 7.11 Å². The molecule has 0 amide bonds. The van der Waals surface area contributed by atoms with Gasteiger partial charge >= 0.3 is 5.97 Å². The van der Waals surface area contributed by atoms with Crippen molar-refractivity contribution in [3.8, 4) is 5.75 Å². The second kappa shape index (κ2) is 7.87. The third kappa shape index (κ3) is 3.47. The molecule has 0 atom stereocenters. The first-order valence-electron chi connectivity index (χ1n) is 8.58. The van der Waals surface area contributed by atoms with Crippen molar-refractivity contribution in [2.45, 2.75) is 19.8 Å². The SMILES string of the molecule is CCCc1cc2c(OCC(=O)OC)cccn2c1C(=O)c1ccccc1. The summed E-state index contributed by atoms with van der Waals surface area (Å²) in [6.07, 6.45) is 3.55. The Bertz CT molecular complexity index is 928. The number of aromatic nitrogens is 1. The van der Waals surface area contributed by atoms with Gasteiger partial charge in [-0.15, -0.1) is 0 Å². The zero-order valence-corrected chi connectivity index (χ0v) is 14.9. The molecule has 0 N–H and O–H groups in total. The third-order valence-electron chi connectivity index (χ3n) is 4.19. The first-order chi connectivity index (χ1) is 12.7. The van der Waals surface area contributed by atoms with Crippen LogP contribution in [0.1, 0.15) is 35.0 Å². The van der Waals surface area contributed by atoms with Crippen LogP contribution in [0.25, 0.3) is 5.52 Å². The summed E-state index contributed by atoms with van der Waals surface area (Å²) in [6, 6.07) is 14.8. The van der Waals surface area contributed by atoms with Gasteiger partial charge in [0.2, 0.25) is 5.78 Å². The van der Waals surface area contributed by atoms with Crippen LogP contribution in [0.4, 0.5) is 0 Å². The maximum Gasteiger partial charge on any atom is 0.343 e. The quantitative estimate of drug-likeness (QED) is 0.481. The number of benzene rings is 1. The molecule has 0 aliphatic rings. The van der Waals surface area contributed by atoms with E-state index in [0.29, 0.717) is 17.0 Å². The average Bonchev–Trinajstić information content (AvgIpc) is 3.05. The topological polar surface area (TPSA) is 57.0 Å². The molecule has 0 unspecified atom stereocenters. The number of ketones is 1. The minimum Gasteiger partial charge on any atom is -0.480 e. The number of nitrogens with zero attached hydrogens (tertiary/aromatic N) is 1. The first kappa shape index (κ1) is 17.7. The molecule has 1 aromatic carbocycles. The molecular weight excluding hydrogens is 330 g/mol. The summed E-state index contributed by atoms with van der Waals surface area (Å²) in [6.45, 7) is 1.90. The zero-order chi connectivity index (χ0) is 18.5. The predicted octanol–water partition coefficient (Wildman–Crippen LogP) is 3.67. The number of hydrogen-bond donors (Lipinski definition) is 0. The molecule has 0 saturated carbocycles. The number of esters is 1. The Morgan fingerprint density at radius 3 is 2.54 bits per heavy atom. The largest absolute Gasteiger partial charge is 0.480 e. The summed E-state index contributed by atoms with van der Waals surface area (Å²) >= 11 is 0. The number of carbonyl (C=O) groups is 2. The number of hydrogen-bond acceptors (Lipinski definition) is 4. The molecule has 5 heteroatoms. The Hall–Kier alpha value is -3.08. The molecule has 5 nitrogen and oxygen atoms in total. The molecule has 134 valence electrons. The molecule has 0 bridgehead atoms. The van der Waals surface area contributed by atoms with Crippen molar-refractivity contribution < 1.29 is 19.1 Å². The Morgan fingerprint density at radius 1 is 1.08 bits per heavy atom. The zero-order valence-electron chi connectivity index (χ0n) is 14.9. The van der Waals surface area contributed by atoms with Gasteiger partial charge in [0.1, 0.15) is 5.75 Å². The van der Waals surface area contributed by atoms with Gasteiger partial charge in [0.15, 0.2) is 6.61 Å². The van der Waals surface area contributed by atoms with Crippen molar-refractivity contribution in [2.75, 3.05) is 13.7 Å². The molecule has 2 aromatic heterocycles. The lowest BCUT2D eigenvalue weighted by molar-refractivity contribution is -0.142. The van der Waals surface area contributed by atoms with Crippen LogP contribution in [0.15, 0.2) is 54.7 Å². The van der Waals surface area contributed by atoms with E-state index in [1.54, 1.807) is 12.1 Å². The molecule has 0 aliphatic carbocycles. The van der Waals surface area contributed by atoms with E-state index in [4.69, 9.17) is 4.74 Å². The molecule has 0 aliphatic heterocycles. The van der Waals surface area contributed by atoms with Crippen molar-refractivity contribution in [3.05, 3.63) is 71.5 Å². The Labute approximate surface area is 152 Å². The van der Waals surface area contributed by atoms with Crippen LogP contribution < -0.4 is 4.74 Å². The van der Waals surface area contributed by atoms with Gasteiger partial charge in [-0.3, -0.25) is 4.79 Å². The van der Waals surface area contributed by atoms with Crippen LogP contribution in [0.3, 0.4) is 0 Å². The fraction of sp³-hybridized carbons (Fsp3) is 0.238. The van der Waals surface area contributed by atoms with Gasteiger partial charge in [-0.05, 0) is 30.2 Å². The highest BCUT2D eigenvalue weighted by Gasteiger charge is 2.20. The van der Waals surface area contributed by atoms with Gasteiger partial charge in [0, 0.05) is 11.8 Å². The highest BCUT2D eigenvalue weighted by atomic mass is 16.6. The van der Waals surface area contributed by atoms with Crippen LogP contribution in [0.2, 0.25) is 0 Å². The second-order valence-electron chi connectivity index (χ2n) is 5.96. The number of ether oxygens (including phenoxy) is 2. The summed E-state index contributed by atoms with van der Waals surface area (Å²) in [4.78, 5) is 24.5. The van der Waals surface area contributed by atoms with Crippen LogP contribution in [0.5, 0.6) is 5.75 Å². The van der Waals surface area contributed by atoms with Gasteiger partial charge in [-0.2, -0.15) is 0 Å². The molecule has 0 radical (unpaired) electrons. The van der Waals surface area contributed by atoms with E-state index in [2.05, 4.69) is 11.7 Å². The van der Waals surface area contributed by atoms with Gasteiger partial charge in [-0.1, -0.05) is 43.7 Å². The number of fused-ring (bicyclic) bond motifs is 1. The normalized spacial score (nSPS) is 10.7. The van der Waals surface area contributed by atoms with E-state index in [0.717, 1.165) is 23.9 Å². The molecule has 0 spiro atoms. The Morgan fingerprint density at radius 2 is 1.85 bits per heavy atom. The predicted molar refractivity (Wildman–Crippen MR) is 98.8 cm³/mol. The van der Waals surface area contributed by atoms with Crippen molar-refractivity contribution in [1.82, 2.24) is 4.40 Å². The molecule has 0 saturated heterocycles. The van der Waals surface area contributed by atoms with Gasteiger partial charge < -0.3 is 13.9 Å². The highest BCUT2D eigenvalue weighted by Crippen LogP contribution is 2.28. The molecule has 26 heavy (non-hydrogen) atoms. The number of methoxy groups -OCH3 is 1. The first-order valence-corrected chi connectivity index (χ1v) is 8.58. The van der Waals surface area contributed by atoms with Crippen LogP contribution in [-0.2, 0) is 16.0 Å². The molecule has 2 heterocycles. The molecule has 3 aromatic rings. The Kier molecular flexibility index (Phi) is 5.37. The van der Waals surface area contributed by atoms with Crippen LogP contribution in [-0.4, -0.2) is 29.9 Å². The monoisotopic (exact) mass is 351 g/mol. The van der Waals surface area contributed by atoms with Gasteiger partial charge in [0.05, 0.1) is 18.3 Å². The van der Waals surface area contributed by atoms with Gasteiger partial charge in [-0.25, -0.2) is 4.79 Å². The fourth-order valence-electron chi connectivity index (χ4n) is 2.98. The van der Waals surface area contributed by atoms with Crippen LogP contribution >= 0.6 is 0 Å². The van der Waals surface area contributed by atoms with E-state index >= 15 is 0 Å². The maximum atomic E-state index is 13.1. The number of carbonyl (C=O) groups excluding carboxylic acids is 2. The minimum atomic E-state index is -0.451. The molecule has 0 fully saturated rings. The van der Waals surface area contributed by atoms with E-state index in [9.17, 15) is 9.59 Å². The third-order valence-corrected chi connectivity index (χ3v) is 4.19. The highest BCUT2D eigenvalue weighted by molar-refractivity contribution is 6.09. The maximum absolute atomic E-state index is 13.1. The summed E-state index contributed by atoms with van der Waals surface area (Å²) in [5.41, 5.74) is 3.01. The summed E-state index contributed by atoms with van der Waals surface area (Å²) < 4.78 is 12.1. The lowest BCUT2D eigenvalue weighted by Gasteiger charge is -2.09. The lowest BCUT2D eigenvalue weighted by atomic mass is 10.0. The van der Waals surface area contributed by atoms with E-state index in [1.807, 2.05) is 47.0 Å². The lowest BCUT2D eigenvalue weighted by Crippen LogP contribution is -2.13. The molecule has 3 rings (SSSR count). The second-order valence-corrected chi connectivity index (χ2v) is 5.96. The van der Waals surface area contributed by atoms with Crippen molar-refractivity contribution in [1.29, 1.82) is 0 Å². The van der Waals surface area contributed by atoms with Crippen molar-refractivity contribution in [2.24, 2.45) is 0 Å². The standard InChI is InChI=1S/C21H21NO4/c1-3-8-16-13-17-18(26-14-19(23)25-2)11-7-12-22(17)20(16)21(24)15-9-5-4-6-10-15/h4-7,9-13H,3,8,14H2,1-2H3. The smallest absolute Gasteiger partial charge is 0.343 e. The number of rotatable bonds is 7. The van der Waals surface area contributed by atoms with Crippen LogP contribution in [0, 0.1) is 0 Å². The fourth-order valence-corrected chi connectivity index (χ4v) is 2.98. The van der Waals surface area contributed by atoms with E-state index < -0.39 is 5.97 Å². The van der Waals surface area contributed by atoms with Crippen molar-refractivity contribution in [3.63, 3.8) is 0 Å². The van der Waals surface area contributed by atoms with E-state index in [-0.39, 0.29) is 12.4 Å². The summed E-state index contributed by atoms with van der Waals surface area (Å²) in [7, 11) is 1.32. The Balaban J connectivity index is 2.08. The summed E-state index contributed by atoms with van der Waals surface area (Å²) in [5, 5.41) is 0. The summed E-state index contributed by atoms with van der Waals surface area (Å²) in [5.74, 6) is 0.0643. The average molecular weight is 351 g/mol. The van der Waals surface area contributed by atoms with Gasteiger partial charge in [0.25, 0.3) is 0 Å². The minimum absolute atomic E-state index is 0.0285.